The summed E-state index contributed by atoms with van der Waals surface area (Å²) in [4.78, 5) is 0. The van der Waals surface area contributed by atoms with Gasteiger partial charge in [0.15, 0.2) is 0 Å². The van der Waals surface area contributed by atoms with Crippen molar-refractivity contribution < 1.29 is 13.9 Å². The van der Waals surface area contributed by atoms with Crippen LogP contribution in [0.5, 0.6) is 5.75 Å². The summed E-state index contributed by atoms with van der Waals surface area (Å²) in [6.07, 6.45) is 3.41. The molecule has 0 aliphatic carbocycles. The number of rotatable bonds is 6. The summed E-state index contributed by atoms with van der Waals surface area (Å²) in [5, 5.41) is 0. The Kier molecular flexibility index (Phi) is 5.22. The molecule has 0 aromatic heterocycles. The average molecular weight is 295 g/mol. The third-order valence-electron chi connectivity index (χ3n) is 3.94. The van der Waals surface area contributed by atoms with Crippen molar-refractivity contribution in [3.05, 3.63) is 29.6 Å². The minimum Gasteiger partial charge on any atom is -0.487 e. The highest BCUT2D eigenvalue weighted by Crippen LogP contribution is 2.45. The van der Waals surface area contributed by atoms with E-state index in [4.69, 9.17) is 15.2 Å². The maximum absolute atomic E-state index is 13.6. The molecule has 0 bridgehead atoms. The highest BCUT2D eigenvalue weighted by molar-refractivity contribution is 5.38. The molecule has 3 nitrogen and oxygen atoms in total. The summed E-state index contributed by atoms with van der Waals surface area (Å²) in [7, 11) is 0. The molecule has 1 aliphatic heterocycles. The lowest BCUT2D eigenvalue weighted by Crippen LogP contribution is -2.43. The van der Waals surface area contributed by atoms with Crippen LogP contribution in [0.2, 0.25) is 0 Å². The fourth-order valence-electron chi connectivity index (χ4n) is 3.19. The van der Waals surface area contributed by atoms with Crippen molar-refractivity contribution in [2.45, 2.75) is 64.3 Å². The molecular weight excluding hydrogens is 269 g/mol. The molecule has 2 rings (SSSR count). The van der Waals surface area contributed by atoms with Gasteiger partial charge in [-0.1, -0.05) is 13.3 Å². The van der Waals surface area contributed by atoms with E-state index < -0.39 is 0 Å². The zero-order valence-electron chi connectivity index (χ0n) is 13.2. The molecule has 1 aromatic carbocycles. The van der Waals surface area contributed by atoms with Gasteiger partial charge in [0.25, 0.3) is 0 Å². The molecule has 1 aliphatic rings. The number of hydrogen-bond acceptors (Lipinski definition) is 3. The van der Waals surface area contributed by atoms with Crippen LogP contribution in [0, 0.1) is 5.82 Å². The van der Waals surface area contributed by atoms with Crippen molar-refractivity contribution in [2.75, 3.05) is 6.54 Å². The van der Waals surface area contributed by atoms with Crippen LogP contribution in [-0.2, 0) is 4.74 Å². The van der Waals surface area contributed by atoms with Crippen molar-refractivity contribution in [3.63, 3.8) is 0 Å². The number of fused-ring (bicyclic) bond motifs is 1. The Morgan fingerprint density at radius 1 is 1.43 bits per heavy atom. The van der Waals surface area contributed by atoms with Gasteiger partial charge in [0.2, 0.25) is 0 Å². The molecule has 0 saturated heterocycles. The Bertz CT molecular complexity index is 470. The number of hydrogen-bond donors (Lipinski definition) is 1. The summed E-state index contributed by atoms with van der Waals surface area (Å²) < 4.78 is 25.8. The van der Waals surface area contributed by atoms with Crippen LogP contribution in [0.4, 0.5) is 4.39 Å². The minimum absolute atomic E-state index is 0.0846. The van der Waals surface area contributed by atoms with E-state index in [0.717, 1.165) is 37.0 Å². The first-order chi connectivity index (χ1) is 9.99. The van der Waals surface area contributed by atoms with Crippen molar-refractivity contribution in [1.82, 2.24) is 0 Å². The molecule has 1 aromatic rings. The van der Waals surface area contributed by atoms with Crippen LogP contribution in [0.3, 0.4) is 0 Å². The lowest BCUT2D eigenvalue weighted by atomic mass is 9.83. The van der Waals surface area contributed by atoms with Gasteiger partial charge in [-0.25, -0.2) is 4.39 Å². The summed E-state index contributed by atoms with van der Waals surface area (Å²) in [6.45, 7) is 6.71. The Labute approximate surface area is 126 Å². The normalized spacial score (nSPS) is 24.8. The second-order valence-corrected chi connectivity index (χ2v) is 6.13. The minimum atomic E-state index is -0.298. The third kappa shape index (κ3) is 3.74. The smallest absolute Gasteiger partial charge is 0.126 e. The van der Waals surface area contributed by atoms with E-state index in [2.05, 4.69) is 6.92 Å². The zero-order valence-corrected chi connectivity index (χ0v) is 13.2. The van der Waals surface area contributed by atoms with E-state index in [9.17, 15) is 4.39 Å². The molecule has 4 heteroatoms. The molecule has 0 radical (unpaired) electrons. The van der Waals surface area contributed by atoms with Crippen LogP contribution in [-0.4, -0.2) is 18.2 Å². The van der Waals surface area contributed by atoms with Crippen LogP contribution in [0.15, 0.2) is 18.2 Å². The van der Waals surface area contributed by atoms with Crippen molar-refractivity contribution >= 4 is 0 Å². The van der Waals surface area contributed by atoms with Gasteiger partial charge in [-0.05, 0) is 51.4 Å². The molecule has 2 atom stereocenters. The van der Waals surface area contributed by atoms with Gasteiger partial charge in [0, 0.05) is 12.0 Å². The molecular formula is C17H26FNO2. The van der Waals surface area contributed by atoms with Gasteiger partial charge in [0.05, 0.1) is 12.2 Å². The molecule has 1 unspecified atom stereocenters. The lowest BCUT2D eigenvalue weighted by Gasteiger charge is -2.42. The Balaban J connectivity index is 2.37. The monoisotopic (exact) mass is 295 g/mol. The summed E-state index contributed by atoms with van der Waals surface area (Å²) in [5.41, 5.74) is 6.30. The highest BCUT2D eigenvalue weighted by atomic mass is 19.1. The number of ether oxygens (including phenoxy) is 2. The Hall–Kier alpha value is -1.13. The lowest BCUT2D eigenvalue weighted by molar-refractivity contribution is -0.0747. The van der Waals surface area contributed by atoms with E-state index in [1.807, 2.05) is 13.8 Å². The zero-order chi connectivity index (χ0) is 15.5. The average Bonchev–Trinajstić information content (AvgIpc) is 2.40. The molecule has 1 heterocycles. The van der Waals surface area contributed by atoms with Crippen molar-refractivity contribution in [2.24, 2.45) is 5.73 Å². The van der Waals surface area contributed by atoms with E-state index in [0.29, 0.717) is 6.54 Å². The van der Waals surface area contributed by atoms with E-state index in [-0.39, 0.29) is 23.6 Å². The van der Waals surface area contributed by atoms with Crippen LogP contribution < -0.4 is 10.5 Å². The van der Waals surface area contributed by atoms with E-state index in [1.54, 1.807) is 6.07 Å². The van der Waals surface area contributed by atoms with Gasteiger partial charge in [0.1, 0.15) is 17.2 Å². The fourth-order valence-corrected chi connectivity index (χ4v) is 3.19. The third-order valence-corrected chi connectivity index (χ3v) is 3.94. The fraction of sp³-hybridized carbons (Fsp3) is 0.647. The first-order valence-electron chi connectivity index (χ1n) is 7.83. The maximum atomic E-state index is 13.6. The Morgan fingerprint density at radius 3 is 2.81 bits per heavy atom. The molecule has 0 saturated carbocycles. The molecule has 21 heavy (non-hydrogen) atoms. The second-order valence-electron chi connectivity index (χ2n) is 6.13. The first-order valence-corrected chi connectivity index (χ1v) is 7.83. The van der Waals surface area contributed by atoms with Crippen molar-refractivity contribution in [3.8, 4) is 5.75 Å². The Morgan fingerprint density at radius 2 is 2.19 bits per heavy atom. The van der Waals surface area contributed by atoms with Crippen LogP contribution >= 0.6 is 0 Å². The summed E-state index contributed by atoms with van der Waals surface area (Å²) in [6, 6.07) is 4.68. The van der Waals surface area contributed by atoms with Crippen LogP contribution in [0.1, 0.15) is 58.1 Å². The number of halogens is 1. The van der Waals surface area contributed by atoms with Gasteiger partial charge in [-0.15, -0.1) is 0 Å². The van der Waals surface area contributed by atoms with Gasteiger partial charge in [-0.3, -0.25) is 0 Å². The predicted octanol–water partition coefficient (Wildman–Crippen LogP) is 3.96. The number of benzene rings is 1. The standard InChI is InChI=1S/C17H26FNO2/c1-4-7-17(8-9-19)11-16(20-12(2)3)14-10-13(18)5-6-15(14)21-17/h5-6,10,12,16H,4,7-9,11,19H2,1-3H3/t16-,17?/m1/s1. The van der Waals surface area contributed by atoms with E-state index in [1.165, 1.54) is 12.1 Å². The van der Waals surface area contributed by atoms with Gasteiger partial charge < -0.3 is 15.2 Å². The molecule has 0 spiro atoms. The number of nitrogens with two attached hydrogens (primary N) is 1. The largest absolute Gasteiger partial charge is 0.487 e. The van der Waals surface area contributed by atoms with Gasteiger partial charge >= 0.3 is 0 Å². The summed E-state index contributed by atoms with van der Waals surface area (Å²) in [5.74, 6) is 0.478. The van der Waals surface area contributed by atoms with Crippen LogP contribution in [0.25, 0.3) is 0 Å². The second kappa shape index (κ2) is 6.75. The molecule has 118 valence electrons. The van der Waals surface area contributed by atoms with E-state index >= 15 is 0 Å². The maximum Gasteiger partial charge on any atom is 0.126 e. The molecule has 2 N–H and O–H groups in total. The quantitative estimate of drug-likeness (QED) is 0.864. The van der Waals surface area contributed by atoms with Crippen molar-refractivity contribution in [1.29, 1.82) is 0 Å². The molecule has 0 fully saturated rings. The topological polar surface area (TPSA) is 44.5 Å². The summed E-state index contributed by atoms with van der Waals surface area (Å²) >= 11 is 0. The first kappa shape index (κ1) is 16.2. The highest BCUT2D eigenvalue weighted by Gasteiger charge is 2.40. The molecule has 0 amide bonds. The predicted molar refractivity (Wildman–Crippen MR) is 81.9 cm³/mol. The SMILES string of the molecule is CCCC1(CCN)C[C@@H](OC(C)C)c2cc(F)ccc2O1. The van der Waals surface area contributed by atoms with Gasteiger partial charge in [-0.2, -0.15) is 0 Å².